The van der Waals surface area contributed by atoms with Gasteiger partial charge in [0.05, 0.1) is 11.4 Å². The van der Waals surface area contributed by atoms with Crippen LogP contribution in [-0.4, -0.2) is 34.3 Å². The fourth-order valence-corrected chi connectivity index (χ4v) is 3.99. The summed E-state index contributed by atoms with van der Waals surface area (Å²) in [6.45, 7) is 3.16. The summed E-state index contributed by atoms with van der Waals surface area (Å²) in [5.74, 6) is 0.508. The molecule has 0 aliphatic carbocycles. The Kier molecular flexibility index (Phi) is 3.92. The number of nitrogens with zero attached hydrogens (tertiary/aromatic N) is 1. The number of sulfonamides is 1. The minimum atomic E-state index is -3.22. The van der Waals surface area contributed by atoms with Gasteiger partial charge in [-0.25, -0.2) is 8.42 Å². The molecule has 0 bridgehead atoms. The van der Waals surface area contributed by atoms with Gasteiger partial charge in [0.25, 0.3) is 0 Å². The monoisotopic (exact) mass is 268 g/mol. The van der Waals surface area contributed by atoms with Gasteiger partial charge in [0.15, 0.2) is 0 Å². The number of hydrogen-bond acceptors (Lipinski definition) is 3. The van der Waals surface area contributed by atoms with Crippen molar-refractivity contribution in [2.45, 2.75) is 13.3 Å². The third kappa shape index (κ3) is 2.67. The maximum atomic E-state index is 12.3. The second kappa shape index (κ2) is 5.28. The quantitative estimate of drug-likeness (QED) is 0.893. The SMILES string of the molecule is CNCCS(=O)(=O)N1CC(C)Cc2ccccc21. The molecule has 18 heavy (non-hydrogen) atoms. The van der Waals surface area contributed by atoms with Gasteiger partial charge in [0.2, 0.25) is 10.0 Å². The van der Waals surface area contributed by atoms with Crippen molar-refractivity contribution < 1.29 is 8.42 Å². The molecule has 1 unspecified atom stereocenters. The number of para-hydroxylation sites is 1. The second-order valence-corrected chi connectivity index (χ2v) is 6.90. The molecule has 1 aromatic carbocycles. The number of rotatable bonds is 4. The first-order valence-electron chi connectivity index (χ1n) is 6.27. The first-order chi connectivity index (χ1) is 8.54. The van der Waals surface area contributed by atoms with E-state index >= 15 is 0 Å². The number of anilines is 1. The summed E-state index contributed by atoms with van der Waals surface area (Å²) in [5.41, 5.74) is 1.98. The molecule has 5 heteroatoms. The fourth-order valence-electron chi connectivity index (χ4n) is 2.35. The van der Waals surface area contributed by atoms with Crippen LogP contribution >= 0.6 is 0 Å². The van der Waals surface area contributed by atoms with Crippen LogP contribution in [0.3, 0.4) is 0 Å². The largest absolute Gasteiger partial charge is 0.319 e. The third-order valence-corrected chi connectivity index (χ3v) is 4.99. The highest BCUT2D eigenvalue weighted by molar-refractivity contribution is 7.92. The summed E-state index contributed by atoms with van der Waals surface area (Å²) in [6.07, 6.45) is 0.953. The van der Waals surface area contributed by atoms with E-state index in [4.69, 9.17) is 0 Å². The van der Waals surface area contributed by atoms with Crippen molar-refractivity contribution in [3.05, 3.63) is 29.8 Å². The zero-order valence-electron chi connectivity index (χ0n) is 10.9. The number of benzene rings is 1. The summed E-state index contributed by atoms with van der Waals surface area (Å²) in [6, 6.07) is 7.79. The molecule has 1 aromatic rings. The highest BCUT2D eigenvalue weighted by atomic mass is 32.2. The standard InChI is InChI=1S/C13H20N2O2S/c1-11-9-12-5-3-4-6-13(12)15(10-11)18(16,17)8-7-14-2/h3-6,11,14H,7-10H2,1-2H3. The van der Waals surface area contributed by atoms with Crippen molar-refractivity contribution in [2.75, 3.05) is 30.2 Å². The summed E-state index contributed by atoms with van der Waals surface area (Å²) < 4.78 is 26.3. The van der Waals surface area contributed by atoms with Gasteiger partial charge >= 0.3 is 0 Å². The van der Waals surface area contributed by atoms with E-state index in [1.807, 2.05) is 24.3 Å². The minimum Gasteiger partial charge on any atom is -0.319 e. The smallest absolute Gasteiger partial charge is 0.236 e. The molecule has 0 radical (unpaired) electrons. The Balaban J connectivity index is 2.34. The Labute approximate surface area is 109 Å². The van der Waals surface area contributed by atoms with Gasteiger partial charge in [-0.2, -0.15) is 0 Å². The average Bonchev–Trinajstić information content (AvgIpc) is 2.35. The van der Waals surface area contributed by atoms with Gasteiger partial charge in [-0.15, -0.1) is 0 Å². The van der Waals surface area contributed by atoms with Crippen molar-refractivity contribution in [3.63, 3.8) is 0 Å². The zero-order valence-corrected chi connectivity index (χ0v) is 11.7. The average molecular weight is 268 g/mol. The van der Waals surface area contributed by atoms with Crippen molar-refractivity contribution >= 4 is 15.7 Å². The Hall–Kier alpha value is -1.07. The van der Waals surface area contributed by atoms with E-state index in [0.29, 0.717) is 19.0 Å². The lowest BCUT2D eigenvalue weighted by Crippen LogP contribution is -2.41. The molecule has 1 N–H and O–H groups in total. The van der Waals surface area contributed by atoms with Gasteiger partial charge in [0.1, 0.15) is 0 Å². The van der Waals surface area contributed by atoms with Crippen LogP contribution in [0.25, 0.3) is 0 Å². The molecule has 100 valence electrons. The molecule has 0 aromatic heterocycles. The van der Waals surface area contributed by atoms with E-state index in [2.05, 4.69) is 12.2 Å². The first kappa shape index (κ1) is 13.4. The lowest BCUT2D eigenvalue weighted by molar-refractivity contribution is 0.544. The number of hydrogen-bond donors (Lipinski definition) is 1. The van der Waals surface area contributed by atoms with E-state index < -0.39 is 10.0 Å². The van der Waals surface area contributed by atoms with Crippen LogP contribution in [0.1, 0.15) is 12.5 Å². The van der Waals surface area contributed by atoms with Crippen LogP contribution in [0.2, 0.25) is 0 Å². The predicted octanol–water partition coefficient (Wildman–Crippen LogP) is 1.23. The molecule has 4 nitrogen and oxygen atoms in total. The van der Waals surface area contributed by atoms with Gasteiger partial charge in [-0.3, -0.25) is 4.31 Å². The first-order valence-corrected chi connectivity index (χ1v) is 7.88. The molecule has 0 amide bonds. The van der Waals surface area contributed by atoms with Crippen molar-refractivity contribution in [1.29, 1.82) is 0 Å². The molecule has 0 fully saturated rings. The highest BCUT2D eigenvalue weighted by Crippen LogP contribution is 2.31. The highest BCUT2D eigenvalue weighted by Gasteiger charge is 2.29. The topological polar surface area (TPSA) is 49.4 Å². The zero-order chi connectivity index (χ0) is 13.2. The summed E-state index contributed by atoms with van der Waals surface area (Å²) in [7, 11) is -1.45. The van der Waals surface area contributed by atoms with E-state index in [0.717, 1.165) is 17.7 Å². The predicted molar refractivity (Wildman–Crippen MR) is 74.4 cm³/mol. The van der Waals surface area contributed by atoms with E-state index in [1.165, 1.54) is 0 Å². The molecule has 1 atom stereocenters. The molecular weight excluding hydrogens is 248 g/mol. The fraction of sp³-hybridized carbons (Fsp3) is 0.538. The van der Waals surface area contributed by atoms with Crippen molar-refractivity contribution in [1.82, 2.24) is 5.32 Å². The lowest BCUT2D eigenvalue weighted by atomic mass is 9.96. The normalized spacial score (nSPS) is 19.7. The maximum Gasteiger partial charge on any atom is 0.236 e. The van der Waals surface area contributed by atoms with Crippen LogP contribution in [0, 0.1) is 5.92 Å². The van der Waals surface area contributed by atoms with Crippen LogP contribution in [0.15, 0.2) is 24.3 Å². The molecule has 1 aliphatic heterocycles. The number of fused-ring (bicyclic) bond motifs is 1. The van der Waals surface area contributed by atoms with E-state index in [1.54, 1.807) is 11.4 Å². The molecule has 1 aliphatic rings. The lowest BCUT2D eigenvalue weighted by Gasteiger charge is -2.33. The summed E-state index contributed by atoms with van der Waals surface area (Å²) in [5, 5.41) is 2.89. The van der Waals surface area contributed by atoms with E-state index in [-0.39, 0.29) is 5.75 Å². The summed E-state index contributed by atoms with van der Waals surface area (Å²) >= 11 is 0. The van der Waals surface area contributed by atoms with Crippen LogP contribution in [0.4, 0.5) is 5.69 Å². The van der Waals surface area contributed by atoms with Crippen LogP contribution in [-0.2, 0) is 16.4 Å². The van der Waals surface area contributed by atoms with E-state index in [9.17, 15) is 8.42 Å². The van der Waals surface area contributed by atoms with Crippen LogP contribution in [0.5, 0.6) is 0 Å². The minimum absolute atomic E-state index is 0.143. The third-order valence-electron chi connectivity index (χ3n) is 3.25. The molecule has 2 rings (SSSR count). The molecule has 1 heterocycles. The van der Waals surface area contributed by atoms with Crippen molar-refractivity contribution in [2.24, 2.45) is 5.92 Å². The maximum absolute atomic E-state index is 12.3. The van der Waals surface area contributed by atoms with Crippen LogP contribution < -0.4 is 9.62 Å². The van der Waals surface area contributed by atoms with Gasteiger partial charge in [0, 0.05) is 13.1 Å². The number of nitrogens with one attached hydrogen (secondary N) is 1. The molecule has 0 spiro atoms. The molecular formula is C13H20N2O2S. The Morgan fingerprint density at radius 1 is 1.39 bits per heavy atom. The van der Waals surface area contributed by atoms with Gasteiger partial charge < -0.3 is 5.32 Å². The summed E-state index contributed by atoms with van der Waals surface area (Å²) in [4.78, 5) is 0. The molecule has 0 saturated heterocycles. The Bertz CT molecular complexity index is 513. The Morgan fingerprint density at radius 2 is 2.11 bits per heavy atom. The second-order valence-electron chi connectivity index (χ2n) is 4.89. The van der Waals surface area contributed by atoms with Crippen molar-refractivity contribution in [3.8, 4) is 0 Å². The van der Waals surface area contributed by atoms with Gasteiger partial charge in [-0.1, -0.05) is 25.1 Å². The molecule has 0 saturated carbocycles. The Morgan fingerprint density at radius 3 is 2.83 bits per heavy atom. The van der Waals surface area contributed by atoms with Gasteiger partial charge in [-0.05, 0) is 31.0 Å².